The van der Waals surface area contributed by atoms with Gasteiger partial charge in [-0.2, -0.15) is 0 Å². The summed E-state index contributed by atoms with van der Waals surface area (Å²) in [5.74, 6) is -0.250. The topological polar surface area (TPSA) is 37.4 Å². The maximum absolute atomic E-state index is 12.3. The van der Waals surface area contributed by atoms with Gasteiger partial charge < -0.3 is 4.90 Å². The second-order valence-electron chi connectivity index (χ2n) is 5.98. The van der Waals surface area contributed by atoms with Crippen LogP contribution in [0.4, 0.5) is 5.69 Å². The van der Waals surface area contributed by atoms with Crippen LogP contribution in [0.1, 0.15) is 46.4 Å². The van der Waals surface area contributed by atoms with Gasteiger partial charge in [-0.25, -0.2) is 0 Å². The van der Waals surface area contributed by atoms with E-state index in [0.29, 0.717) is 11.1 Å². The first-order valence-electron chi connectivity index (χ1n) is 8.20. The number of carbonyl (C=O) groups is 2. The van der Waals surface area contributed by atoms with Crippen molar-refractivity contribution >= 4 is 17.3 Å². The minimum atomic E-state index is -0.129. The summed E-state index contributed by atoms with van der Waals surface area (Å²) in [6.07, 6.45) is 3.68. The highest BCUT2D eigenvalue weighted by molar-refractivity contribution is 6.13. The number of hydrogen-bond acceptors (Lipinski definition) is 3. The number of Topliss-reactive ketones (excluding diaryl/α,β-unsaturated/α-hetero) is 2. The molecule has 1 fully saturated rings. The fourth-order valence-corrected chi connectivity index (χ4v) is 2.98. The van der Waals surface area contributed by atoms with E-state index in [1.807, 2.05) is 42.5 Å². The van der Waals surface area contributed by atoms with Crippen LogP contribution >= 0.6 is 0 Å². The van der Waals surface area contributed by atoms with Crippen molar-refractivity contribution in [1.82, 2.24) is 0 Å². The molecule has 2 aromatic rings. The Kier molecular flexibility index (Phi) is 4.86. The average molecular weight is 307 g/mol. The molecule has 0 spiro atoms. The number of benzene rings is 2. The van der Waals surface area contributed by atoms with Gasteiger partial charge in [0.15, 0.2) is 11.6 Å². The highest BCUT2D eigenvalue weighted by atomic mass is 16.1. The van der Waals surface area contributed by atoms with E-state index in [-0.39, 0.29) is 18.0 Å². The summed E-state index contributed by atoms with van der Waals surface area (Å²) < 4.78 is 0. The first kappa shape index (κ1) is 15.5. The van der Waals surface area contributed by atoms with Crippen LogP contribution in [-0.2, 0) is 0 Å². The number of ketones is 2. The minimum absolute atomic E-state index is 0.0763. The second kappa shape index (κ2) is 7.23. The molecule has 0 radical (unpaired) electrons. The van der Waals surface area contributed by atoms with Gasteiger partial charge in [-0.3, -0.25) is 9.59 Å². The number of piperidine rings is 1. The lowest BCUT2D eigenvalue weighted by molar-refractivity contribution is 0.0894. The van der Waals surface area contributed by atoms with Crippen LogP contribution in [0.5, 0.6) is 0 Å². The first-order valence-corrected chi connectivity index (χ1v) is 8.20. The SMILES string of the molecule is O=C(CC(=O)c1ccc(N2CCCCC2)cc1)c1ccccc1. The molecule has 1 aliphatic heterocycles. The summed E-state index contributed by atoms with van der Waals surface area (Å²) in [4.78, 5) is 26.7. The molecule has 23 heavy (non-hydrogen) atoms. The standard InChI is InChI=1S/C20H21NO2/c22-19(16-7-3-1-4-8-16)15-20(23)17-9-11-18(12-10-17)21-13-5-2-6-14-21/h1,3-4,7-12H,2,5-6,13-15H2. The lowest BCUT2D eigenvalue weighted by atomic mass is 10.0. The summed E-state index contributed by atoms with van der Waals surface area (Å²) in [6, 6.07) is 16.6. The zero-order chi connectivity index (χ0) is 16.1. The molecule has 0 amide bonds. The van der Waals surface area contributed by atoms with E-state index in [1.165, 1.54) is 19.3 Å². The van der Waals surface area contributed by atoms with Gasteiger partial charge >= 0.3 is 0 Å². The monoisotopic (exact) mass is 307 g/mol. The fourth-order valence-electron chi connectivity index (χ4n) is 2.98. The maximum atomic E-state index is 12.3. The molecule has 3 nitrogen and oxygen atoms in total. The molecule has 3 heteroatoms. The summed E-state index contributed by atoms with van der Waals surface area (Å²) in [5.41, 5.74) is 2.36. The Hall–Kier alpha value is -2.42. The van der Waals surface area contributed by atoms with Crippen LogP contribution in [0.15, 0.2) is 54.6 Å². The van der Waals surface area contributed by atoms with Gasteiger partial charge in [0.25, 0.3) is 0 Å². The molecule has 0 aromatic heterocycles. The summed E-state index contributed by atoms with van der Waals surface area (Å²) in [5, 5.41) is 0. The molecule has 0 unspecified atom stereocenters. The van der Waals surface area contributed by atoms with E-state index in [1.54, 1.807) is 12.1 Å². The normalized spacial score (nSPS) is 14.5. The number of anilines is 1. The van der Waals surface area contributed by atoms with Gasteiger partial charge in [-0.05, 0) is 43.5 Å². The summed E-state index contributed by atoms with van der Waals surface area (Å²) >= 11 is 0. The average Bonchev–Trinajstić information content (AvgIpc) is 2.63. The van der Waals surface area contributed by atoms with Crippen LogP contribution < -0.4 is 4.90 Å². The van der Waals surface area contributed by atoms with Gasteiger partial charge in [0.1, 0.15) is 0 Å². The van der Waals surface area contributed by atoms with Crippen molar-refractivity contribution in [2.75, 3.05) is 18.0 Å². The molecule has 3 rings (SSSR count). The van der Waals surface area contributed by atoms with Crippen molar-refractivity contribution in [2.24, 2.45) is 0 Å². The predicted molar refractivity (Wildman–Crippen MR) is 92.2 cm³/mol. The number of nitrogens with zero attached hydrogens (tertiary/aromatic N) is 1. The van der Waals surface area contributed by atoms with Gasteiger partial charge in [0.2, 0.25) is 0 Å². The lowest BCUT2D eigenvalue weighted by Crippen LogP contribution is -2.29. The molecular formula is C20H21NO2. The zero-order valence-electron chi connectivity index (χ0n) is 13.2. The molecule has 0 aliphatic carbocycles. The van der Waals surface area contributed by atoms with E-state index < -0.39 is 0 Å². The first-order chi connectivity index (χ1) is 11.2. The highest BCUT2D eigenvalue weighted by Crippen LogP contribution is 2.21. The molecule has 0 atom stereocenters. The second-order valence-corrected chi connectivity index (χ2v) is 5.98. The molecular weight excluding hydrogens is 286 g/mol. The highest BCUT2D eigenvalue weighted by Gasteiger charge is 2.15. The molecule has 2 aromatic carbocycles. The Labute approximate surface area is 136 Å². The van der Waals surface area contributed by atoms with Crippen molar-refractivity contribution in [1.29, 1.82) is 0 Å². The number of rotatable bonds is 5. The van der Waals surface area contributed by atoms with Crippen LogP contribution in [0.2, 0.25) is 0 Å². The minimum Gasteiger partial charge on any atom is -0.372 e. The summed E-state index contributed by atoms with van der Waals surface area (Å²) in [7, 11) is 0. The van der Waals surface area contributed by atoms with E-state index in [9.17, 15) is 9.59 Å². The van der Waals surface area contributed by atoms with Crippen LogP contribution in [0, 0.1) is 0 Å². The Morgan fingerprint density at radius 1 is 0.739 bits per heavy atom. The Bertz CT molecular complexity index is 671. The zero-order valence-corrected chi connectivity index (χ0v) is 13.2. The Morgan fingerprint density at radius 2 is 1.30 bits per heavy atom. The van der Waals surface area contributed by atoms with Crippen molar-refractivity contribution in [2.45, 2.75) is 25.7 Å². The Balaban J connectivity index is 1.64. The molecule has 0 bridgehead atoms. The third-order valence-corrected chi connectivity index (χ3v) is 4.33. The quantitative estimate of drug-likeness (QED) is 0.615. The molecule has 1 saturated heterocycles. The fraction of sp³-hybridized carbons (Fsp3) is 0.300. The third kappa shape index (κ3) is 3.86. The predicted octanol–water partition coefficient (Wildman–Crippen LogP) is 4.13. The third-order valence-electron chi connectivity index (χ3n) is 4.33. The van der Waals surface area contributed by atoms with E-state index >= 15 is 0 Å². The van der Waals surface area contributed by atoms with Gasteiger partial charge in [-0.1, -0.05) is 30.3 Å². The van der Waals surface area contributed by atoms with Gasteiger partial charge in [-0.15, -0.1) is 0 Å². The molecule has 0 N–H and O–H groups in total. The van der Waals surface area contributed by atoms with E-state index in [4.69, 9.17) is 0 Å². The van der Waals surface area contributed by atoms with Crippen LogP contribution in [0.3, 0.4) is 0 Å². The largest absolute Gasteiger partial charge is 0.372 e. The summed E-state index contributed by atoms with van der Waals surface area (Å²) in [6.45, 7) is 2.17. The number of hydrogen-bond donors (Lipinski definition) is 0. The molecule has 118 valence electrons. The number of carbonyl (C=O) groups excluding carboxylic acids is 2. The van der Waals surface area contributed by atoms with E-state index in [0.717, 1.165) is 18.8 Å². The lowest BCUT2D eigenvalue weighted by Gasteiger charge is -2.28. The van der Waals surface area contributed by atoms with Gasteiger partial charge in [0, 0.05) is 29.9 Å². The van der Waals surface area contributed by atoms with Crippen molar-refractivity contribution in [3.05, 3.63) is 65.7 Å². The maximum Gasteiger partial charge on any atom is 0.170 e. The van der Waals surface area contributed by atoms with Crippen LogP contribution in [0.25, 0.3) is 0 Å². The van der Waals surface area contributed by atoms with Gasteiger partial charge in [0.05, 0.1) is 6.42 Å². The van der Waals surface area contributed by atoms with E-state index in [2.05, 4.69) is 4.90 Å². The molecule has 0 saturated carbocycles. The van der Waals surface area contributed by atoms with Crippen LogP contribution in [-0.4, -0.2) is 24.7 Å². The molecule has 1 aliphatic rings. The smallest absolute Gasteiger partial charge is 0.170 e. The van der Waals surface area contributed by atoms with Crippen molar-refractivity contribution in [3.8, 4) is 0 Å². The van der Waals surface area contributed by atoms with Crippen molar-refractivity contribution < 1.29 is 9.59 Å². The Morgan fingerprint density at radius 3 is 1.91 bits per heavy atom. The molecule has 1 heterocycles. The van der Waals surface area contributed by atoms with Crippen molar-refractivity contribution in [3.63, 3.8) is 0 Å².